The highest BCUT2D eigenvalue weighted by Crippen LogP contribution is 2.37. The van der Waals surface area contributed by atoms with E-state index in [1.165, 1.54) is 5.56 Å². The molecule has 1 aliphatic heterocycles. The number of benzene rings is 2. The summed E-state index contributed by atoms with van der Waals surface area (Å²) in [5, 5.41) is 4.30. The number of ether oxygens (including phenoxy) is 1. The second kappa shape index (κ2) is 9.79. The van der Waals surface area contributed by atoms with E-state index < -0.39 is 5.41 Å². The lowest BCUT2D eigenvalue weighted by atomic mass is 9.75. The lowest BCUT2D eigenvalue weighted by Gasteiger charge is -2.42. The fourth-order valence-electron chi connectivity index (χ4n) is 4.90. The number of aryl methyl sites for hydroxylation is 1. The van der Waals surface area contributed by atoms with Crippen LogP contribution in [0, 0.1) is 12.3 Å². The summed E-state index contributed by atoms with van der Waals surface area (Å²) in [5.41, 5.74) is 3.61. The molecular weight excluding hydrogens is 414 g/mol. The monoisotopic (exact) mass is 447 g/mol. The third-order valence-corrected chi connectivity index (χ3v) is 6.52. The van der Waals surface area contributed by atoms with Crippen LogP contribution in [-0.2, 0) is 17.8 Å². The smallest absolute Gasteiger partial charge is 0.230 e. The van der Waals surface area contributed by atoms with Crippen LogP contribution in [0.4, 0.5) is 0 Å². The van der Waals surface area contributed by atoms with Crippen molar-refractivity contribution >= 4 is 5.91 Å². The van der Waals surface area contributed by atoms with E-state index in [2.05, 4.69) is 35.2 Å². The Labute approximate surface area is 196 Å². The van der Waals surface area contributed by atoms with Crippen molar-refractivity contribution in [2.24, 2.45) is 5.41 Å². The summed E-state index contributed by atoms with van der Waals surface area (Å²) < 4.78 is 11.3. The van der Waals surface area contributed by atoms with E-state index in [1.807, 2.05) is 50.5 Å². The second-order valence-electron chi connectivity index (χ2n) is 9.33. The van der Waals surface area contributed by atoms with Gasteiger partial charge in [-0.15, -0.1) is 0 Å². The number of carbonyl (C=O) groups is 1. The predicted octanol–water partition coefficient (Wildman–Crippen LogP) is 4.57. The van der Waals surface area contributed by atoms with E-state index in [0.29, 0.717) is 13.0 Å². The molecule has 0 unspecified atom stereocenters. The lowest BCUT2D eigenvalue weighted by molar-refractivity contribution is -0.143. The van der Waals surface area contributed by atoms with Crippen molar-refractivity contribution in [1.82, 2.24) is 15.0 Å². The average molecular weight is 448 g/mol. The summed E-state index contributed by atoms with van der Waals surface area (Å²) in [4.78, 5) is 17.5. The number of nitrogens with zero attached hydrogens (tertiary/aromatic N) is 3. The molecule has 0 spiro atoms. The number of methoxy groups -OCH3 is 1. The highest BCUT2D eigenvalue weighted by atomic mass is 16.5. The molecule has 2 aromatic carbocycles. The molecule has 1 amide bonds. The van der Waals surface area contributed by atoms with E-state index >= 15 is 0 Å². The van der Waals surface area contributed by atoms with Crippen molar-refractivity contribution in [3.05, 3.63) is 71.5 Å². The summed E-state index contributed by atoms with van der Waals surface area (Å²) >= 11 is 0. The van der Waals surface area contributed by atoms with Crippen molar-refractivity contribution in [1.29, 1.82) is 0 Å². The third kappa shape index (κ3) is 5.11. The Hall–Kier alpha value is -3.12. The Balaban J connectivity index is 1.57. The normalized spacial score (nSPS) is 18.8. The number of para-hydroxylation sites is 1. The number of likely N-dealkylation sites (tertiary alicyclic amines) is 1. The van der Waals surface area contributed by atoms with Crippen LogP contribution >= 0.6 is 0 Å². The van der Waals surface area contributed by atoms with Crippen LogP contribution in [0.1, 0.15) is 29.7 Å². The molecule has 1 saturated heterocycles. The zero-order chi connectivity index (χ0) is 23.4. The molecule has 2 heterocycles. The SMILES string of the molecule is COc1ccccc1CN1CCC[C@@](Cc2cc(-c3ccc(C)cc3)no2)(C(=O)N(C)C)C1. The van der Waals surface area contributed by atoms with Crippen LogP contribution < -0.4 is 4.74 Å². The second-order valence-corrected chi connectivity index (χ2v) is 9.33. The lowest BCUT2D eigenvalue weighted by Crippen LogP contribution is -2.52. The van der Waals surface area contributed by atoms with E-state index in [4.69, 9.17) is 9.26 Å². The molecule has 0 N–H and O–H groups in total. The topological polar surface area (TPSA) is 58.8 Å². The molecule has 0 saturated carbocycles. The van der Waals surface area contributed by atoms with Crippen LogP contribution in [-0.4, -0.2) is 55.2 Å². The Morgan fingerprint density at radius 3 is 2.67 bits per heavy atom. The first-order valence-electron chi connectivity index (χ1n) is 11.5. The highest BCUT2D eigenvalue weighted by Gasteiger charge is 2.44. The van der Waals surface area contributed by atoms with Crippen LogP contribution in [0.5, 0.6) is 5.75 Å². The molecule has 0 radical (unpaired) electrons. The zero-order valence-electron chi connectivity index (χ0n) is 20.0. The van der Waals surface area contributed by atoms with Crippen molar-refractivity contribution < 1.29 is 14.1 Å². The molecule has 1 fully saturated rings. The number of rotatable bonds is 7. The number of amides is 1. The summed E-state index contributed by atoms with van der Waals surface area (Å²) in [7, 11) is 5.37. The Bertz CT molecular complexity index is 1090. The molecular formula is C27H33N3O3. The minimum Gasteiger partial charge on any atom is -0.496 e. The largest absolute Gasteiger partial charge is 0.496 e. The first-order chi connectivity index (χ1) is 15.9. The molecule has 0 aliphatic carbocycles. The Morgan fingerprint density at radius 1 is 1.18 bits per heavy atom. The van der Waals surface area contributed by atoms with E-state index in [9.17, 15) is 4.79 Å². The molecule has 3 aromatic rings. The van der Waals surface area contributed by atoms with Gasteiger partial charge in [-0.25, -0.2) is 0 Å². The molecule has 1 atom stereocenters. The molecule has 4 rings (SSSR count). The number of hydrogen-bond donors (Lipinski definition) is 0. The summed E-state index contributed by atoms with van der Waals surface area (Å²) in [6.07, 6.45) is 2.31. The van der Waals surface area contributed by atoms with Gasteiger partial charge in [-0.2, -0.15) is 0 Å². The van der Waals surface area contributed by atoms with Crippen LogP contribution in [0.15, 0.2) is 59.1 Å². The van der Waals surface area contributed by atoms with E-state index in [1.54, 1.807) is 12.0 Å². The number of aromatic nitrogens is 1. The minimum atomic E-state index is -0.548. The van der Waals surface area contributed by atoms with Gasteiger partial charge in [0, 0.05) is 50.8 Å². The van der Waals surface area contributed by atoms with Gasteiger partial charge in [-0.3, -0.25) is 9.69 Å². The summed E-state index contributed by atoms with van der Waals surface area (Å²) in [6.45, 7) is 4.43. The van der Waals surface area contributed by atoms with Gasteiger partial charge in [-0.05, 0) is 32.4 Å². The van der Waals surface area contributed by atoms with Gasteiger partial charge in [0.1, 0.15) is 17.2 Å². The molecule has 33 heavy (non-hydrogen) atoms. The minimum absolute atomic E-state index is 0.139. The summed E-state index contributed by atoms with van der Waals surface area (Å²) in [5.74, 6) is 1.77. The Kier molecular flexibility index (Phi) is 6.84. The number of carbonyl (C=O) groups excluding carboxylic acids is 1. The van der Waals surface area contributed by atoms with Gasteiger partial charge >= 0.3 is 0 Å². The van der Waals surface area contributed by atoms with Gasteiger partial charge in [0.25, 0.3) is 0 Å². The maximum atomic E-state index is 13.5. The predicted molar refractivity (Wildman–Crippen MR) is 129 cm³/mol. The van der Waals surface area contributed by atoms with Crippen molar-refractivity contribution in [2.75, 3.05) is 34.3 Å². The van der Waals surface area contributed by atoms with Gasteiger partial charge < -0.3 is 14.2 Å². The highest BCUT2D eigenvalue weighted by molar-refractivity contribution is 5.83. The standard InChI is InChI=1S/C27H33N3O3/c1-20-10-12-21(13-11-20)24-16-23(33-28-24)17-27(26(31)29(2)3)14-7-15-30(19-27)18-22-8-5-6-9-25(22)32-4/h5-6,8-13,16H,7,14-15,17-19H2,1-4H3/t27-/m0/s1. The number of hydrogen-bond acceptors (Lipinski definition) is 5. The van der Waals surface area contributed by atoms with Crippen LogP contribution in [0.25, 0.3) is 11.3 Å². The summed E-state index contributed by atoms with van der Waals surface area (Å²) in [6, 6.07) is 18.3. The first kappa shape index (κ1) is 23.1. The quantitative estimate of drug-likeness (QED) is 0.531. The fraction of sp³-hybridized carbons (Fsp3) is 0.407. The third-order valence-electron chi connectivity index (χ3n) is 6.52. The van der Waals surface area contributed by atoms with Gasteiger partial charge in [0.05, 0.1) is 12.5 Å². The fourth-order valence-corrected chi connectivity index (χ4v) is 4.90. The van der Waals surface area contributed by atoms with Crippen molar-refractivity contribution in [2.45, 2.75) is 32.7 Å². The van der Waals surface area contributed by atoms with Crippen molar-refractivity contribution in [3.8, 4) is 17.0 Å². The maximum absolute atomic E-state index is 13.5. The molecule has 0 bridgehead atoms. The molecule has 1 aliphatic rings. The first-order valence-corrected chi connectivity index (χ1v) is 11.5. The van der Waals surface area contributed by atoms with Gasteiger partial charge in [-0.1, -0.05) is 53.2 Å². The number of piperidine rings is 1. The average Bonchev–Trinajstić information content (AvgIpc) is 3.27. The zero-order valence-corrected chi connectivity index (χ0v) is 20.0. The molecule has 6 heteroatoms. The molecule has 174 valence electrons. The van der Waals surface area contributed by atoms with E-state index in [-0.39, 0.29) is 5.91 Å². The van der Waals surface area contributed by atoms with Crippen molar-refractivity contribution in [3.63, 3.8) is 0 Å². The van der Waals surface area contributed by atoms with E-state index in [0.717, 1.165) is 54.3 Å². The molecule has 1 aromatic heterocycles. The maximum Gasteiger partial charge on any atom is 0.230 e. The van der Waals surface area contributed by atoms with Gasteiger partial charge in [0.15, 0.2) is 0 Å². The van der Waals surface area contributed by atoms with Crippen LogP contribution in [0.2, 0.25) is 0 Å². The molecule has 6 nitrogen and oxygen atoms in total. The van der Waals surface area contributed by atoms with Gasteiger partial charge in [0.2, 0.25) is 5.91 Å². The Morgan fingerprint density at radius 2 is 1.94 bits per heavy atom. The van der Waals surface area contributed by atoms with Crippen LogP contribution in [0.3, 0.4) is 0 Å².